The molecular weight excluding hydrogens is 396 g/mol. The first kappa shape index (κ1) is 19.6. The third-order valence-electron chi connectivity index (χ3n) is 5.50. The number of likely N-dealkylation sites (tertiary alicyclic amines) is 2. The number of piperidine rings is 1. The van der Waals surface area contributed by atoms with Crippen LogP contribution in [0.2, 0.25) is 5.02 Å². The molecule has 0 aliphatic carbocycles. The number of aromatic nitrogens is 1. The summed E-state index contributed by atoms with van der Waals surface area (Å²) in [7, 11) is 0. The van der Waals surface area contributed by atoms with Crippen molar-refractivity contribution in [3.8, 4) is 11.3 Å². The molecule has 154 valence electrons. The Labute approximate surface area is 173 Å². The van der Waals surface area contributed by atoms with Crippen molar-refractivity contribution in [1.29, 1.82) is 0 Å². The molecule has 2 N–H and O–H groups in total. The van der Waals surface area contributed by atoms with Crippen LogP contribution in [0.25, 0.3) is 11.3 Å². The lowest BCUT2D eigenvalue weighted by Crippen LogP contribution is -2.47. The van der Waals surface area contributed by atoms with Crippen LogP contribution in [0.3, 0.4) is 0 Å². The molecule has 2 aliphatic heterocycles. The Morgan fingerprint density at radius 3 is 2.31 bits per heavy atom. The van der Waals surface area contributed by atoms with Crippen LogP contribution in [0.5, 0.6) is 0 Å². The molecule has 0 spiro atoms. The summed E-state index contributed by atoms with van der Waals surface area (Å²) in [5.74, 6) is -0.703. The number of carbonyl (C=O) groups is 2. The molecule has 2 fully saturated rings. The summed E-state index contributed by atoms with van der Waals surface area (Å²) in [6.45, 7) is 2.95. The molecule has 3 heterocycles. The first-order valence-electron chi connectivity index (χ1n) is 9.82. The number of carbonyl (C=O) groups excluding carboxylic acids is 1. The number of hydrogen-bond donors (Lipinski definition) is 2. The summed E-state index contributed by atoms with van der Waals surface area (Å²) in [6.07, 6.45) is 3.59. The molecule has 1 aromatic heterocycles. The lowest BCUT2D eigenvalue weighted by Gasteiger charge is -2.34. The molecule has 0 unspecified atom stereocenters. The zero-order valence-corrected chi connectivity index (χ0v) is 16.7. The van der Waals surface area contributed by atoms with Crippen molar-refractivity contribution in [2.24, 2.45) is 0 Å². The third-order valence-corrected chi connectivity index (χ3v) is 5.75. The molecule has 2 aliphatic rings. The normalized spacial score (nSPS) is 17.6. The van der Waals surface area contributed by atoms with Gasteiger partial charge in [0.2, 0.25) is 0 Å². The number of hydrogen-bond acceptors (Lipinski definition) is 5. The molecule has 0 radical (unpaired) electrons. The maximum absolute atomic E-state index is 12.5. The van der Waals surface area contributed by atoms with E-state index in [0.29, 0.717) is 23.7 Å². The second-order valence-electron chi connectivity index (χ2n) is 7.43. The number of benzene rings is 1. The fourth-order valence-corrected chi connectivity index (χ4v) is 4.03. The Bertz CT molecular complexity index is 884. The number of aromatic carboxylic acids is 1. The summed E-state index contributed by atoms with van der Waals surface area (Å²) < 4.78 is 5.34. The van der Waals surface area contributed by atoms with Crippen LogP contribution in [-0.2, 0) is 0 Å². The van der Waals surface area contributed by atoms with Gasteiger partial charge in [0.05, 0.1) is 0 Å². The number of carboxylic acids is 1. The SMILES string of the molecule is O=C(O)c1c(NC2CCN(C(=O)N3CCCC3)CC2)noc1-c1ccc(Cl)cc1. The van der Waals surface area contributed by atoms with E-state index in [9.17, 15) is 14.7 Å². The number of halogens is 1. The molecule has 4 rings (SSSR count). The average Bonchev–Trinajstić information content (AvgIpc) is 3.39. The number of rotatable bonds is 4. The van der Waals surface area contributed by atoms with Gasteiger partial charge in [-0.2, -0.15) is 0 Å². The molecule has 0 saturated carbocycles. The summed E-state index contributed by atoms with van der Waals surface area (Å²) in [4.78, 5) is 28.1. The Balaban J connectivity index is 1.43. The van der Waals surface area contributed by atoms with Gasteiger partial charge in [-0.25, -0.2) is 9.59 Å². The van der Waals surface area contributed by atoms with Crippen LogP contribution in [0.4, 0.5) is 10.6 Å². The molecule has 0 atom stereocenters. The Hall–Kier alpha value is -2.74. The fourth-order valence-electron chi connectivity index (χ4n) is 3.90. The van der Waals surface area contributed by atoms with Gasteiger partial charge in [0.15, 0.2) is 17.1 Å². The van der Waals surface area contributed by atoms with E-state index in [1.54, 1.807) is 24.3 Å². The standard InChI is InChI=1S/C20H23ClN4O4/c21-14-5-3-13(4-6-14)17-16(19(26)27)18(23-29-17)22-15-7-11-25(12-8-15)20(28)24-9-1-2-10-24/h3-6,15H,1-2,7-12H2,(H,22,23)(H,26,27). The van der Waals surface area contributed by atoms with E-state index in [1.165, 1.54) is 0 Å². The van der Waals surface area contributed by atoms with Crippen LogP contribution >= 0.6 is 11.6 Å². The molecule has 29 heavy (non-hydrogen) atoms. The van der Waals surface area contributed by atoms with E-state index in [4.69, 9.17) is 16.1 Å². The maximum atomic E-state index is 12.5. The van der Waals surface area contributed by atoms with E-state index in [0.717, 1.165) is 38.8 Å². The van der Waals surface area contributed by atoms with Gasteiger partial charge in [-0.3, -0.25) is 0 Å². The van der Waals surface area contributed by atoms with E-state index >= 15 is 0 Å². The summed E-state index contributed by atoms with van der Waals surface area (Å²) in [5, 5.41) is 17.4. The minimum Gasteiger partial charge on any atom is -0.477 e. The molecule has 8 nitrogen and oxygen atoms in total. The van der Waals surface area contributed by atoms with Gasteiger partial charge >= 0.3 is 12.0 Å². The van der Waals surface area contributed by atoms with Gasteiger partial charge in [0.1, 0.15) is 0 Å². The molecule has 1 aromatic carbocycles. The van der Waals surface area contributed by atoms with Gasteiger partial charge in [-0.15, -0.1) is 0 Å². The van der Waals surface area contributed by atoms with Crippen molar-refractivity contribution in [3.63, 3.8) is 0 Å². The van der Waals surface area contributed by atoms with Crippen LogP contribution in [0, 0.1) is 0 Å². The van der Waals surface area contributed by atoms with Gasteiger partial charge in [-0.1, -0.05) is 16.8 Å². The van der Waals surface area contributed by atoms with Crippen molar-refractivity contribution >= 4 is 29.4 Å². The Morgan fingerprint density at radius 2 is 1.69 bits per heavy atom. The zero-order chi connectivity index (χ0) is 20.4. The highest BCUT2D eigenvalue weighted by molar-refractivity contribution is 6.30. The highest BCUT2D eigenvalue weighted by Gasteiger charge is 2.30. The summed E-state index contributed by atoms with van der Waals surface area (Å²) >= 11 is 5.91. The van der Waals surface area contributed by atoms with Gasteiger partial charge in [-0.05, 0) is 49.9 Å². The highest BCUT2D eigenvalue weighted by atomic mass is 35.5. The lowest BCUT2D eigenvalue weighted by molar-refractivity contribution is 0.0698. The van der Waals surface area contributed by atoms with E-state index in [-0.39, 0.29) is 29.2 Å². The van der Waals surface area contributed by atoms with Gasteiger partial charge in [0, 0.05) is 42.8 Å². The fraction of sp³-hybridized carbons (Fsp3) is 0.450. The number of urea groups is 1. The van der Waals surface area contributed by atoms with Crippen molar-refractivity contribution in [2.75, 3.05) is 31.5 Å². The smallest absolute Gasteiger partial charge is 0.343 e. The monoisotopic (exact) mass is 418 g/mol. The van der Waals surface area contributed by atoms with E-state index < -0.39 is 5.97 Å². The average molecular weight is 419 g/mol. The van der Waals surface area contributed by atoms with Crippen LogP contribution in [0.15, 0.2) is 28.8 Å². The van der Waals surface area contributed by atoms with Crippen molar-refractivity contribution in [2.45, 2.75) is 31.7 Å². The second kappa shape index (κ2) is 8.32. The van der Waals surface area contributed by atoms with Crippen molar-refractivity contribution < 1.29 is 19.2 Å². The number of nitrogens with one attached hydrogen (secondary N) is 1. The van der Waals surface area contributed by atoms with Crippen LogP contribution in [0.1, 0.15) is 36.0 Å². The number of carboxylic acid groups (broad SMARTS) is 1. The molecular formula is C20H23ClN4O4. The van der Waals surface area contributed by atoms with Crippen LogP contribution in [-0.4, -0.2) is 64.3 Å². The van der Waals surface area contributed by atoms with E-state index in [2.05, 4.69) is 10.5 Å². The first-order valence-corrected chi connectivity index (χ1v) is 10.2. The number of anilines is 1. The van der Waals surface area contributed by atoms with E-state index in [1.807, 2.05) is 9.80 Å². The predicted octanol–water partition coefficient (Wildman–Crippen LogP) is 3.79. The Morgan fingerprint density at radius 1 is 1.07 bits per heavy atom. The topological polar surface area (TPSA) is 98.9 Å². The summed E-state index contributed by atoms with van der Waals surface area (Å²) in [5.41, 5.74) is 0.598. The minimum atomic E-state index is -1.11. The Kier molecular flexibility index (Phi) is 5.62. The largest absolute Gasteiger partial charge is 0.477 e. The number of amides is 2. The first-order chi connectivity index (χ1) is 14.0. The van der Waals surface area contributed by atoms with Gasteiger partial charge < -0.3 is 24.7 Å². The minimum absolute atomic E-state index is 0.00268. The predicted molar refractivity (Wildman–Crippen MR) is 108 cm³/mol. The maximum Gasteiger partial charge on any atom is 0.343 e. The molecule has 0 bridgehead atoms. The second-order valence-corrected chi connectivity index (χ2v) is 7.87. The molecule has 9 heteroatoms. The third kappa shape index (κ3) is 4.17. The van der Waals surface area contributed by atoms with Crippen molar-refractivity contribution in [3.05, 3.63) is 34.9 Å². The van der Waals surface area contributed by atoms with Crippen molar-refractivity contribution in [1.82, 2.24) is 15.0 Å². The van der Waals surface area contributed by atoms with Crippen LogP contribution < -0.4 is 5.32 Å². The zero-order valence-electron chi connectivity index (χ0n) is 15.9. The number of nitrogens with zero attached hydrogens (tertiary/aromatic N) is 3. The molecule has 2 saturated heterocycles. The van der Waals surface area contributed by atoms with Gasteiger partial charge in [0.25, 0.3) is 0 Å². The highest BCUT2D eigenvalue weighted by Crippen LogP contribution is 2.31. The molecule has 2 amide bonds. The molecule has 2 aromatic rings. The summed E-state index contributed by atoms with van der Waals surface area (Å²) in [6, 6.07) is 6.87. The lowest BCUT2D eigenvalue weighted by atomic mass is 10.0. The quantitative estimate of drug-likeness (QED) is 0.783.